The Morgan fingerprint density at radius 3 is 2.53 bits per heavy atom. The molecule has 2 aliphatic heterocycles. The van der Waals surface area contributed by atoms with Crippen molar-refractivity contribution in [2.45, 2.75) is 12.2 Å². The van der Waals surface area contributed by atoms with Crippen LogP contribution in [-0.4, -0.2) is 17.6 Å². The van der Waals surface area contributed by atoms with Crippen LogP contribution < -0.4 is 15.8 Å². The van der Waals surface area contributed by atoms with Crippen LogP contribution in [0.5, 0.6) is 0 Å². The Labute approximate surface area is 173 Å². The van der Waals surface area contributed by atoms with E-state index in [0.29, 0.717) is 6.54 Å². The smallest absolute Gasteiger partial charge is 0.278 e. The van der Waals surface area contributed by atoms with Crippen LogP contribution in [0, 0.1) is 17.1 Å². The Balaban J connectivity index is 1.63. The molecular formula is C20H16F4N4OS. The molecule has 0 spiro atoms. The zero-order valence-corrected chi connectivity index (χ0v) is 16.2. The van der Waals surface area contributed by atoms with Crippen LogP contribution in [0.3, 0.4) is 0 Å². The van der Waals surface area contributed by atoms with Gasteiger partial charge in [0, 0.05) is 12.5 Å². The van der Waals surface area contributed by atoms with Crippen molar-refractivity contribution in [3.63, 3.8) is 0 Å². The van der Waals surface area contributed by atoms with Crippen LogP contribution in [0.2, 0.25) is 0 Å². The second kappa shape index (κ2) is 7.86. The molecule has 0 aliphatic carbocycles. The van der Waals surface area contributed by atoms with Gasteiger partial charge in [-0.3, -0.25) is 20.5 Å². The molecule has 2 atom stereocenters. The lowest BCUT2D eigenvalue weighted by Crippen LogP contribution is -2.30. The van der Waals surface area contributed by atoms with Crippen molar-refractivity contribution in [2.24, 2.45) is 5.92 Å². The second-order valence-electron chi connectivity index (χ2n) is 6.81. The highest BCUT2D eigenvalue weighted by Crippen LogP contribution is 2.42. The van der Waals surface area contributed by atoms with Crippen LogP contribution in [0.15, 0.2) is 59.5 Å². The standard InChI is InChI=1S/C20H16F4N4OS/c21-13-7-5-11(6-8-13)17-12(10-26-27-17)9-16-18(29)28(19(25)30-16)15-4-2-1-3-14(15)20(22,23)24/h1-9,12,17,25-27H,10H2/b16-9-,25-19?. The van der Waals surface area contributed by atoms with E-state index < -0.39 is 17.6 Å². The highest BCUT2D eigenvalue weighted by atomic mass is 32.2. The summed E-state index contributed by atoms with van der Waals surface area (Å²) in [6.07, 6.45) is -3.00. The Morgan fingerprint density at radius 1 is 1.13 bits per heavy atom. The van der Waals surface area contributed by atoms with Gasteiger partial charge < -0.3 is 0 Å². The van der Waals surface area contributed by atoms with Crippen LogP contribution >= 0.6 is 11.8 Å². The van der Waals surface area contributed by atoms with Gasteiger partial charge in [-0.15, -0.1) is 0 Å². The number of carbonyl (C=O) groups excluding carboxylic acids is 1. The average molecular weight is 436 g/mol. The minimum Gasteiger partial charge on any atom is -0.278 e. The topological polar surface area (TPSA) is 68.2 Å². The Bertz CT molecular complexity index is 1020. The number of hydrogen-bond donors (Lipinski definition) is 3. The van der Waals surface area contributed by atoms with E-state index in [1.165, 1.54) is 30.3 Å². The van der Waals surface area contributed by atoms with Crippen molar-refractivity contribution < 1.29 is 22.4 Å². The molecule has 2 aliphatic rings. The van der Waals surface area contributed by atoms with E-state index in [1.807, 2.05) is 0 Å². The molecule has 0 bridgehead atoms. The fraction of sp³-hybridized carbons (Fsp3) is 0.200. The molecule has 2 unspecified atom stereocenters. The SMILES string of the molecule is N=C1S/C(=C\C2CNNC2c2ccc(F)cc2)C(=O)N1c1ccccc1C(F)(F)F. The molecule has 5 nitrogen and oxygen atoms in total. The largest absolute Gasteiger partial charge is 0.418 e. The summed E-state index contributed by atoms with van der Waals surface area (Å²) in [6.45, 7) is 0.464. The van der Waals surface area contributed by atoms with Gasteiger partial charge in [0.15, 0.2) is 5.17 Å². The quantitative estimate of drug-likeness (QED) is 0.498. The molecule has 2 fully saturated rings. The molecule has 2 saturated heterocycles. The first-order chi connectivity index (χ1) is 14.3. The number of rotatable bonds is 3. The first-order valence-electron chi connectivity index (χ1n) is 8.98. The lowest BCUT2D eigenvalue weighted by Gasteiger charge is -2.20. The highest BCUT2D eigenvalue weighted by molar-refractivity contribution is 8.19. The number of para-hydroxylation sites is 1. The normalized spacial score (nSPS) is 23.6. The molecule has 0 saturated carbocycles. The summed E-state index contributed by atoms with van der Waals surface area (Å²) in [4.78, 5) is 13.9. The number of anilines is 1. The number of nitrogens with zero attached hydrogens (tertiary/aromatic N) is 1. The third kappa shape index (κ3) is 3.85. The first-order valence-corrected chi connectivity index (χ1v) is 9.80. The molecule has 0 aromatic heterocycles. The van der Waals surface area contributed by atoms with Gasteiger partial charge in [0.2, 0.25) is 0 Å². The van der Waals surface area contributed by atoms with E-state index in [2.05, 4.69) is 10.9 Å². The molecule has 2 heterocycles. The van der Waals surface area contributed by atoms with E-state index in [-0.39, 0.29) is 33.5 Å². The number of amidine groups is 1. The molecule has 30 heavy (non-hydrogen) atoms. The molecule has 156 valence electrons. The number of hydrogen-bond acceptors (Lipinski definition) is 5. The molecule has 2 aromatic rings. The molecular weight excluding hydrogens is 420 g/mol. The Morgan fingerprint density at radius 2 is 1.83 bits per heavy atom. The van der Waals surface area contributed by atoms with E-state index in [1.54, 1.807) is 18.2 Å². The summed E-state index contributed by atoms with van der Waals surface area (Å²) in [5, 5.41) is 7.81. The summed E-state index contributed by atoms with van der Waals surface area (Å²) < 4.78 is 53.3. The molecule has 1 amide bonds. The molecule has 10 heteroatoms. The summed E-state index contributed by atoms with van der Waals surface area (Å²) in [7, 11) is 0. The maximum absolute atomic E-state index is 13.4. The number of alkyl halides is 3. The Kier molecular flexibility index (Phi) is 5.39. The lowest BCUT2D eigenvalue weighted by atomic mass is 9.94. The van der Waals surface area contributed by atoms with Gasteiger partial charge in [0.05, 0.1) is 22.2 Å². The third-order valence-electron chi connectivity index (χ3n) is 4.89. The zero-order valence-electron chi connectivity index (χ0n) is 15.3. The summed E-state index contributed by atoms with van der Waals surface area (Å²) in [6, 6.07) is 10.4. The van der Waals surface area contributed by atoms with Crippen molar-refractivity contribution >= 4 is 28.5 Å². The maximum Gasteiger partial charge on any atom is 0.418 e. The number of halogens is 4. The summed E-state index contributed by atoms with van der Waals surface area (Å²) in [5.74, 6) is -1.26. The van der Waals surface area contributed by atoms with E-state index in [4.69, 9.17) is 5.41 Å². The van der Waals surface area contributed by atoms with E-state index >= 15 is 0 Å². The first kappa shape index (κ1) is 20.6. The second-order valence-corrected chi connectivity index (χ2v) is 7.84. The molecule has 4 rings (SSSR count). The molecule has 0 radical (unpaired) electrons. The van der Waals surface area contributed by atoms with Crippen molar-refractivity contribution in [3.05, 3.63) is 76.5 Å². The van der Waals surface area contributed by atoms with Crippen molar-refractivity contribution in [2.75, 3.05) is 11.4 Å². The van der Waals surface area contributed by atoms with Crippen LogP contribution in [-0.2, 0) is 11.0 Å². The number of carbonyl (C=O) groups is 1. The predicted molar refractivity (Wildman–Crippen MR) is 106 cm³/mol. The van der Waals surface area contributed by atoms with Crippen LogP contribution in [0.4, 0.5) is 23.2 Å². The zero-order chi connectivity index (χ0) is 21.5. The van der Waals surface area contributed by atoms with Gasteiger partial charge in [-0.25, -0.2) is 9.82 Å². The summed E-state index contributed by atoms with van der Waals surface area (Å²) in [5.41, 5.74) is 5.50. The number of nitrogens with one attached hydrogen (secondary N) is 3. The van der Waals surface area contributed by atoms with E-state index in [9.17, 15) is 22.4 Å². The number of thioether (sulfide) groups is 1. The predicted octanol–water partition coefficient (Wildman–Crippen LogP) is 4.21. The third-order valence-corrected chi connectivity index (χ3v) is 5.80. The van der Waals surface area contributed by atoms with Gasteiger partial charge in [-0.05, 0) is 41.6 Å². The van der Waals surface area contributed by atoms with Gasteiger partial charge >= 0.3 is 6.18 Å². The Hall–Kier alpha value is -2.69. The highest BCUT2D eigenvalue weighted by Gasteiger charge is 2.41. The van der Waals surface area contributed by atoms with Gasteiger partial charge in [-0.1, -0.05) is 30.3 Å². The number of benzene rings is 2. The molecule has 2 aromatic carbocycles. The maximum atomic E-state index is 13.4. The van der Waals surface area contributed by atoms with Crippen molar-refractivity contribution in [3.8, 4) is 0 Å². The van der Waals surface area contributed by atoms with Gasteiger partial charge in [0.1, 0.15) is 5.82 Å². The monoisotopic (exact) mass is 436 g/mol. The minimum absolute atomic E-state index is 0.180. The fourth-order valence-corrected chi connectivity index (χ4v) is 4.39. The lowest BCUT2D eigenvalue weighted by molar-refractivity contribution is -0.137. The fourth-order valence-electron chi connectivity index (χ4n) is 3.49. The van der Waals surface area contributed by atoms with Crippen LogP contribution in [0.1, 0.15) is 17.2 Å². The number of amides is 1. The minimum atomic E-state index is -4.65. The van der Waals surface area contributed by atoms with Gasteiger partial charge in [-0.2, -0.15) is 13.2 Å². The van der Waals surface area contributed by atoms with Crippen molar-refractivity contribution in [1.29, 1.82) is 5.41 Å². The average Bonchev–Trinajstić information content (AvgIpc) is 3.26. The molecule has 3 N–H and O–H groups in total. The van der Waals surface area contributed by atoms with Gasteiger partial charge in [0.25, 0.3) is 5.91 Å². The summed E-state index contributed by atoms with van der Waals surface area (Å²) >= 11 is 0.820. The number of hydrazine groups is 1. The van der Waals surface area contributed by atoms with Crippen LogP contribution in [0.25, 0.3) is 0 Å². The van der Waals surface area contributed by atoms with Crippen molar-refractivity contribution in [1.82, 2.24) is 10.9 Å². The van der Waals surface area contributed by atoms with E-state index in [0.717, 1.165) is 28.3 Å².